The van der Waals surface area contributed by atoms with E-state index in [-0.39, 0.29) is 5.91 Å². The van der Waals surface area contributed by atoms with E-state index in [1.165, 1.54) is 12.5 Å². The molecule has 0 unspecified atom stereocenters. The molecule has 0 aliphatic heterocycles. The third kappa shape index (κ3) is 2.33. The molecule has 1 aromatic carbocycles. The summed E-state index contributed by atoms with van der Waals surface area (Å²) >= 11 is 0. The van der Waals surface area contributed by atoms with Gasteiger partial charge in [0.1, 0.15) is 6.26 Å². The van der Waals surface area contributed by atoms with Crippen molar-refractivity contribution in [2.24, 2.45) is 0 Å². The van der Waals surface area contributed by atoms with Gasteiger partial charge in [-0.2, -0.15) is 5.10 Å². The third-order valence-electron chi connectivity index (χ3n) is 3.01. The zero-order valence-electron chi connectivity index (χ0n) is 10.9. The van der Waals surface area contributed by atoms with Crippen molar-refractivity contribution in [2.45, 2.75) is 6.92 Å². The Kier molecular flexibility index (Phi) is 3.09. The van der Waals surface area contributed by atoms with Gasteiger partial charge in [0.25, 0.3) is 5.91 Å². The van der Waals surface area contributed by atoms with Crippen LogP contribution in [0, 0.1) is 6.92 Å². The second-order valence-corrected chi connectivity index (χ2v) is 4.42. The lowest BCUT2D eigenvalue weighted by molar-refractivity contribution is 0.102. The number of carbonyl (C=O) groups is 1. The van der Waals surface area contributed by atoms with Crippen LogP contribution in [0.4, 0.5) is 5.69 Å². The number of anilines is 1. The van der Waals surface area contributed by atoms with Crippen molar-refractivity contribution in [2.75, 3.05) is 5.32 Å². The van der Waals surface area contributed by atoms with Crippen LogP contribution in [0.2, 0.25) is 0 Å². The van der Waals surface area contributed by atoms with Gasteiger partial charge in [-0.15, -0.1) is 0 Å². The molecule has 5 heteroatoms. The minimum Gasteiger partial charge on any atom is -0.472 e. The normalized spacial score (nSPS) is 10.4. The van der Waals surface area contributed by atoms with Crippen molar-refractivity contribution in [1.29, 1.82) is 0 Å². The summed E-state index contributed by atoms with van der Waals surface area (Å²) in [5.41, 5.74) is 3.19. The van der Waals surface area contributed by atoms with E-state index in [2.05, 4.69) is 10.4 Å². The van der Waals surface area contributed by atoms with Gasteiger partial charge < -0.3 is 9.73 Å². The Hall–Kier alpha value is -2.82. The van der Waals surface area contributed by atoms with E-state index >= 15 is 0 Å². The number of aromatic nitrogens is 2. The fraction of sp³-hybridized carbons (Fsp3) is 0.0667. The van der Waals surface area contributed by atoms with Gasteiger partial charge in [-0.1, -0.05) is 0 Å². The predicted molar refractivity (Wildman–Crippen MR) is 75.0 cm³/mol. The van der Waals surface area contributed by atoms with E-state index in [0.717, 1.165) is 16.9 Å². The predicted octanol–water partition coefficient (Wildman–Crippen LogP) is 3.03. The SMILES string of the molecule is Cc1cc(-n2cccn2)ccc1NC(=O)c1ccoc1. The number of amides is 1. The third-order valence-corrected chi connectivity index (χ3v) is 3.01. The number of nitrogens with one attached hydrogen (secondary N) is 1. The molecule has 0 fully saturated rings. The molecule has 1 N–H and O–H groups in total. The molecule has 0 aliphatic carbocycles. The van der Waals surface area contributed by atoms with E-state index in [0.29, 0.717) is 5.56 Å². The lowest BCUT2D eigenvalue weighted by Crippen LogP contribution is -2.12. The van der Waals surface area contributed by atoms with Gasteiger partial charge in [0.05, 0.1) is 17.5 Å². The van der Waals surface area contributed by atoms with E-state index in [4.69, 9.17) is 4.42 Å². The van der Waals surface area contributed by atoms with Crippen LogP contribution < -0.4 is 5.32 Å². The molecule has 0 radical (unpaired) electrons. The Labute approximate surface area is 115 Å². The molecular formula is C15H13N3O2. The molecule has 0 atom stereocenters. The summed E-state index contributed by atoms with van der Waals surface area (Å²) in [4.78, 5) is 12.0. The second-order valence-electron chi connectivity index (χ2n) is 4.42. The number of carbonyl (C=O) groups excluding carboxylic acids is 1. The number of hydrogen-bond acceptors (Lipinski definition) is 3. The highest BCUT2D eigenvalue weighted by Crippen LogP contribution is 2.19. The molecule has 0 saturated heterocycles. The molecule has 0 aliphatic rings. The molecule has 5 nitrogen and oxygen atoms in total. The van der Waals surface area contributed by atoms with Crippen molar-refractivity contribution in [3.05, 3.63) is 66.4 Å². The molecule has 20 heavy (non-hydrogen) atoms. The molecule has 1 amide bonds. The van der Waals surface area contributed by atoms with Crippen LogP contribution in [0.15, 0.2) is 59.7 Å². The molecule has 2 heterocycles. The van der Waals surface area contributed by atoms with Crippen LogP contribution in [-0.4, -0.2) is 15.7 Å². The first-order valence-electron chi connectivity index (χ1n) is 6.18. The summed E-state index contributed by atoms with van der Waals surface area (Å²) < 4.78 is 6.67. The Morgan fingerprint density at radius 3 is 2.90 bits per heavy atom. The Bertz CT molecular complexity index is 716. The lowest BCUT2D eigenvalue weighted by Gasteiger charge is -2.09. The van der Waals surface area contributed by atoms with Crippen LogP contribution in [0.5, 0.6) is 0 Å². The lowest BCUT2D eigenvalue weighted by atomic mass is 10.1. The number of furan rings is 1. The highest BCUT2D eigenvalue weighted by atomic mass is 16.3. The van der Waals surface area contributed by atoms with Crippen LogP contribution >= 0.6 is 0 Å². The summed E-state index contributed by atoms with van der Waals surface area (Å²) in [6.07, 6.45) is 6.49. The average molecular weight is 267 g/mol. The standard InChI is InChI=1S/C15H13N3O2/c1-11-9-13(18-7-2-6-16-18)3-4-14(11)17-15(19)12-5-8-20-10-12/h2-10H,1H3,(H,17,19). The maximum absolute atomic E-state index is 12.0. The van der Waals surface area contributed by atoms with Crippen molar-refractivity contribution in [1.82, 2.24) is 9.78 Å². The molecule has 100 valence electrons. The van der Waals surface area contributed by atoms with Gasteiger partial charge in [0.2, 0.25) is 0 Å². The van der Waals surface area contributed by atoms with Gasteiger partial charge in [-0.05, 0) is 42.8 Å². The first kappa shape index (κ1) is 12.2. The topological polar surface area (TPSA) is 60.1 Å². The van der Waals surface area contributed by atoms with Gasteiger partial charge in [0.15, 0.2) is 0 Å². The molecule has 3 rings (SSSR count). The highest BCUT2D eigenvalue weighted by molar-refractivity contribution is 6.04. The first-order chi connectivity index (χ1) is 9.74. The molecule has 2 aromatic heterocycles. The number of hydrogen-bond donors (Lipinski definition) is 1. The van der Waals surface area contributed by atoms with Gasteiger partial charge >= 0.3 is 0 Å². The van der Waals surface area contributed by atoms with Crippen molar-refractivity contribution < 1.29 is 9.21 Å². The molecule has 3 aromatic rings. The number of aryl methyl sites for hydroxylation is 1. The van der Waals surface area contributed by atoms with Crippen molar-refractivity contribution >= 4 is 11.6 Å². The van der Waals surface area contributed by atoms with E-state index in [1.807, 2.05) is 37.4 Å². The van der Waals surface area contributed by atoms with Gasteiger partial charge in [-0.25, -0.2) is 4.68 Å². The Balaban J connectivity index is 1.83. The molecule has 0 bridgehead atoms. The van der Waals surface area contributed by atoms with Crippen LogP contribution in [0.3, 0.4) is 0 Å². The summed E-state index contributed by atoms with van der Waals surface area (Å²) in [7, 11) is 0. The molecular weight excluding hydrogens is 254 g/mol. The second kappa shape index (κ2) is 5.05. The minimum absolute atomic E-state index is 0.186. The van der Waals surface area contributed by atoms with Crippen LogP contribution in [0.1, 0.15) is 15.9 Å². The maximum Gasteiger partial charge on any atom is 0.258 e. The van der Waals surface area contributed by atoms with E-state index < -0.39 is 0 Å². The van der Waals surface area contributed by atoms with Gasteiger partial charge in [-0.3, -0.25) is 4.79 Å². The summed E-state index contributed by atoms with van der Waals surface area (Å²) in [5.74, 6) is -0.186. The average Bonchev–Trinajstić information content (AvgIpc) is 3.14. The van der Waals surface area contributed by atoms with E-state index in [9.17, 15) is 4.79 Å². The zero-order valence-corrected chi connectivity index (χ0v) is 10.9. The summed E-state index contributed by atoms with van der Waals surface area (Å²) in [5, 5.41) is 7.03. The minimum atomic E-state index is -0.186. The first-order valence-corrected chi connectivity index (χ1v) is 6.18. The number of nitrogens with zero attached hydrogens (tertiary/aromatic N) is 2. The largest absolute Gasteiger partial charge is 0.472 e. The smallest absolute Gasteiger partial charge is 0.258 e. The molecule has 0 saturated carbocycles. The Morgan fingerprint density at radius 1 is 1.35 bits per heavy atom. The maximum atomic E-state index is 12.0. The molecule has 0 spiro atoms. The van der Waals surface area contributed by atoms with Crippen molar-refractivity contribution in [3.8, 4) is 5.69 Å². The Morgan fingerprint density at radius 2 is 2.25 bits per heavy atom. The quantitative estimate of drug-likeness (QED) is 0.793. The zero-order chi connectivity index (χ0) is 13.9. The number of rotatable bonds is 3. The fourth-order valence-electron chi connectivity index (χ4n) is 1.94. The van der Waals surface area contributed by atoms with Crippen LogP contribution in [-0.2, 0) is 0 Å². The van der Waals surface area contributed by atoms with Crippen LogP contribution in [0.25, 0.3) is 5.69 Å². The summed E-state index contributed by atoms with van der Waals surface area (Å²) in [6, 6.07) is 9.24. The highest BCUT2D eigenvalue weighted by Gasteiger charge is 2.09. The summed E-state index contributed by atoms with van der Waals surface area (Å²) in [6.45, 7) is 1.94. The fourth-order valence-corrected chi connectivity index (χ4v) is 1.94. The van der Waals surface area contributed by atoms with Gasteiger partial charge in [0, 0.05) is 18.1 Å². The van der Waals surface area contributed by atoms with E-state index in [1.54, 1.807) is 16.9 Å². The van der Waals surface area contributed by atoms with Crippen molar-refractivity contribution in [3.63, 3.8) is 0 Å². The number of benzene rings is 1. The monoisotopic (exact) mass is 267 g/mol.